The molecule has 1 aromatic carbocycles. The lowest BCUT2D eigenvalue weighted by Gasteiger charge is -2.29. The second kappa shape index (κ2) is 5.42. The fourth-order valence-corrected chi connectivity index (χ4v) is 2.59. The van der Waals surface area contributed by atoms with Crippen LogP contribution in [0.2, 0.25) is 0 Å². The van der Waals surface area contributed by atoms with Crippen molar-refractivity contribution in [2.75, 3.05) is 31.2 Å². The minimum Gasteiger partial charge on any atom is -0.378 e. The molecular formula is C13H11BrF3N3O. The van der Waals surface area contributed by atoms with Gasteiger partial charge in [-0.25, -0.2) is 9.97 Å². The van der Waals surface area contributed by atoms with E-state index in [2.05, 4.69) is 25.9 Å². The molecule has 0 saturated carbocycles. The molecule has 0 N–H and O–H groups in total. The Bertz CT molecular complexity index is 671. The zero-order valence-electron chi connectivity index (χ0n) is 10.8. The number of anilines is 1. The Morgan fingerprint density at radius 1 is 1.14 bits per heavy atom. The highest BCUT2D eigenvalue weighted by Gasteiger charge is 2.36. The molecule has 112 valence electrons. The number of morpholine rings is 1. The number of hydrogen-bond donors (Lipinski definition) is 0. The molecule has 1 fully saturated rings. The highest BCUT2D eigenvalue weighted by Crippen LogP contribution is 2.33. The van der Waals surface area contributed by atoms with Crippen molar-refractivity contribution < 1.29 is 17.9 Å². The number of halogens is 4. The summed E-state index contributed by atoms with van der Waals surface area (Å²) in [5.74, 6) is -0.810. The zero-order valence-corrected chi connectivity index (χ0v) is 12.4. The molecule has 1 aliphatic heterocycles. The van der Waals surface area contributed by atoms with E-state index in [1.54, 1.807) is 23.1 Å². The normalized spacial score (nSPS) is 16.5. The molecule has 0 atom stereocenters. The van der Waals surface area contributed by atoms with Gasteiger partial charge in [0.2, 0.25) is 5.82 Å². The lowest BCUT2D eigenvalue weighted by molar-refractivity contribution is -0.144. The molecule has 1 saturated heterocycles. The van der Waals surface area contributed by atoms with Gasteiger partial charge in [-0.2, -0.15) is 13.2 Å². The predicted molar refractivity (Wildman–Crippen MR) is 75.3 cm³/mol. The summed E-state index contributed by atoms with van der Waals surface area (Å²) in [7, 11) is 0. The topological polar surface area (TPSA) is 38.2 Å². The average Bonchev–Trinajstić information content (AvgIpc) is 2.46. The lowest BCUT2D eigenvalue weighted by atomic mass is 10.2. The highest BCUT2D eigenvalue weighted by molar-refractivity contribution is 9.10. The molecule has 8 heteroatoms. The summed E-state index contributed by atoms with van der Waals surface area (Å²) in [5, 5.41) is 0.597. The second-order valence-electron chi connectivity index (χ2n) is 4.63. The third kappa shape index (κ3) is 2.96. The second-order valence-corrected chi connectivity index (χ2v) is 5.55. The smallest absolute Gasteiger partial charge is 0.378 e. The van der Waals surface area contributed by atoms with Gasteiger partial charge in [0.05, 0.1) is 18.7 Å². The van der Waals surface area contributed by atoms with E-state index in [9.17, 15) is 13.2 Å². The Kier molecular flexibility index (Phi) is 3.75. The molecule has 0 amide bonds. The quantitative estimate of drug-likeness (QED) is 0.781. The number of alkyl halides is 3. The van der Waals surface area contributed by atoms with E-state index in [4.69, 9.17) is 4.74 Å². The molecule has 21 heavy (non-hydrogen) atoms. The van der Waals surface area contributed by atoms with Crippen molar-refractivity contribution in [3.63, 3.8) is 0 Å². The lowest BCUT2D eigenvalue weighted by Crippen LogP contribution is -2.37. The van der Waals surface area contributed by atoms with E-state index in [1.165, 1.54) is 0 Å². The van der Waals surface area contributed by atoms with E-state index in [0.717, 1.165) is 4.47 Å². The number of aromatic nitrogens is 2. The van der Waals surface area contributed by atoms with E-state index >= 15 is 0 Å². The number of nitrogens with zero attached hydrogens (tertiary/aromatic N) is 3. The van der Waals surface area contributed by atoms with Crippen LogP contribution < -0.4 is 4.90 Å². The Balaban J connectivity index is 2.20. The Hall–Kier alpha value is -1.41. The first-order chi connectivity index (χ1) is 9.95. The number of benzene rings is 1. The molecule has 1 aromatic heterocycles. The summed E-state index contributed by atoms with van der Waals surface area (Å²) in [6.45, 7) is 1.97. The Morgan fingerprint density at radius 3 is 2.52 bits per heavy atom. The summed E-state index contributed by atoms with van der Waals surface area (Å²) in [4.78, 5) is 9.18. The molecule has 0 aliphatic carbocycles. The molecule has 1 aliphatic rings. The Morgan fingerprint density at radius 2 is 1.86 bits per heavy atom. The van der Waals surface area contributed by atoms with Crippen LogP contribution in [0.1, 0.15) is 5.82 Å². The molecular weight excluding hydrogens is 351 g/mol. The number of fused-ring (bicyclic) bond motifs is 1. The fourth-order valence-electron chi connectivity index (χ4n) is 2.23. The summed E-state index contributed by atoms with van der Waals surface area (Å²) < 4.78 is 44.9. The maximum absolute atomic E-state index is 13.0. The maximum Gasteiger partial charge on any atom is 0.451 e. The van der Waals surface area contributed by atoms with Crippen LogP contribution in [0.3, 0.4) is 0 Å². The van der Waals surface area contributed by atoms with Gasteiger partial charge in [0.1, 0.15) is 5.82 Å². The Labute approximate surface area is 127 Å². The summed E-state index contributed by atoms with van der Waals surface area (Å²) in [6, 6.07) is 4.96. The number of rotatable bonds is 1. The van der Waals surface area contributed by atoms with Crippen LogP contribution in [0.25, 0.3) is 10.9 Å². The molecule has 2 aromatic rings. The van der Waals surface area contributed by atoms with Crippen molar-refractivity contribution >= 4 is 32.7 Å². The van der Waals surface area contributed by atoms with Crippen LogP contribution in [0, 0.1) is 0 Å². The van der Waals surface area contributed by atoms with E-state index in [0.29, 0.717) is 37.5 Å². The number of hydrogen-bond acceptors (Lipinski definition) is 4. The van der Waals surface area contributed by atoms with Crippen LogP contribution >= 0.6 is 15.9 Å². The van der Waals surface area contributed by atoms with Gasteiger partial charge in [0.25, 0.3) is 0 Å². The van der Waals surface area contributed by atoms with E-state index in [-0.39, 0.29) is 5.52 Å². The van der Waals surface area contributed by atoms with E-state index in [1.807, 2.05) is 0 Å². The van der Waals surface area contributed by atoms with Gasteiger partial charge < -0.3 is 9.64 Å². The molecule has 3 rings (SSSR count). The standard InChI is InChI=1S/C13H11BrF3N3O/c14-8-1-2-10-9(7-8)11(20-3-5-21-6-4-20)19-12(18-10)13(15,16)17/h1-2,7H,3-6H2. The van der Waals surface area contributed by atoms with Crippen molar-refractivity contribution in [2.45, 2.75) is 6.18 Å². The van der Waals surface area contributed by atoms with E-state index < -0.39 is 12.0 Å². The summed E-state index contributed by atoms with van der Waals surface area (Å²) in [6.07, 6.45) is -4.57. The van der Waals surface area contributed by atoms with Gasteiger partial charge in [-0.1, -0.05) is 15.9 Å². The zero-order chi connectivity index (χ0) is 15.0. The van der Waals surface area contributed by atoms with Crippen LogP contribution in [0.4, 0.5) is 19.0 Å². The SMILES string of the molecule is FC(F)(F)c1nc(N2CCOCC2)c2cc(Br)ccc2n1. The third-order valence-corrected chi connectivity index (χ3v) is 3.70. The highest BCUT2D eigenvalue weighted by atomic mass is 79.9. The van der Waals surface area contributed by atoms with Gasteiger partial charge in [-0.3, -0.25) is 0 Å². The first-order valence-electron chi connectivity index (χ1n) is 6.32. The minimum absolute atomic E-state index is 0.280. The van der Waals surface area contributed by atoms with Gasteiger partial charge in [-0.05, 0) is 18.2 Å². The number of ether oxygens (including phenoxy) is 1. The van der Waals surface area contributed by atoms with Crippen molar-refractivity contribution in [3.8, 4) is 0 Å². The fraction of sp³-hybridized carbons (Fsp3) is 0.385. The first kappa shape index (κ1) is 14.5. The van der Waals surface area contributed by atoms with Gasteiger partial charge in [0, 0.05) is 22.9 Å². The van der Waals surface area contributed by atoms with Crippen LogP contribution in [-0.2, 0) is 10.9 Å². The first-order valence-corrected chi connectivity index (χ1v) is 7.11. The molecule has 0 bridgehead atoms. The van der Waals surface area contributed by atoms with Gasteiger partial charge in [0.15, 0.2) is 0 Å². The monoisotopic (exact) mass is 361 g/mol. The minimum atomic E-state index is -4.57. The maximum atomic E-state index is 13.0. The van der Waals surface area contributed by atoms with Crippen LogP contribution in [0.5, 0.6) is 0 Å². The molecule has 0 radical (unpaired) electrons. The molecule has 2 heterocycles. The van der Waals surface area contributed by atoms with Crippen LogP contribution in [-0.4, -0.2) is 36.3 Å². The van der Waals surface area contributed by atoms with Crippen molar-refractivity contribution in [1.82, 2.24) is 9.97 Å². The van der Waals surface area contributed by atoms with Gasteiger partial charge in [-0.15, -0.1) is 0 Å². The molecule has 0 unspecified atom stereocenters. The molecule has 4 nitrogen and oxygen atoms in total. The third-order valence-electron chi connectivity index (χ3n) is 3.20. The summed E-state index contributed by atoms with van der Waals surface area (Å²) >= 11 is 3.33. The van der Waals surface area contributed by atoms with Crippen molar-refractivity contribution in [1.29, 1.82) is 0 Å². The van der Waals surface area contributed by atoms with Gasteiger partial charge >= 0.3 is 6.18 Å². The van der Waals surface area contributed by atoms with Crippen LogP contribution in [0.15, 0.2) is 22.7 Å². The van der Waals surface area contributed by atoms with Crippen molar-refractivity contribution in [3.05, 3.63) is 28.5 Å². The average molecular weight is 362 g/mol. The summed E-state index contributed by atoms with van der Waals surface area (Å²) in [5.41, 5.74) is 0.280. The molecule has 0 spiro atoms. The largest absolute Gasteiger partial charge is 0.451 e. The van der Waals surface area contributed by atoms with Crippen molar-refractivity contribution in [2.24, 2.45) is 0 Å². The predicted octanol–water partition coefficient (Wildman–Crippen LogP) is 3.25.